The lowest BCUT2D eigenvalue weighted by Gasteiger charge is -2.58. The van der Waals surface area contributed by atoms with E-state index in [9.17, 15) is 14.7 Å². The van der Waals surface area contributed by atoms with Crippen molar-refractivity contribution >= 4 is 17.8 Å². The number of aromatic nitrogens is 2. The zero-order chi connectivity index (χ0) is 22.6. The van der Waals surface area contributed by atoms with Gasteiger partial charge >= 0.3 is 0 Å². The van der Waals surface area contributed by atoms with Crippen LogP contribution in [0.2, 0.25) is 0 Å². The molecule has 3 atom stereocenters. The van der Waals surface area contributed by atoms with E-state index in [0.29, 0.717) is 54.7 Å². The van der Waals surface area contributed by atoms with Crippen LogP contribution in [0.15, 0.2) is 6.20 Å². The Morgan fingerprint density at radius 3 is 2.61 bits per heavy atom. The summed E-state index contributed by atoms with van der Waals surface area (Å²) >= 11 is 0. The number of rotatable bonds is 6. The minimum absolute atomic E-state index is 0.0569. The highest BCUT2D eigenvalue weighted by Crippen LogP contribution is 2.55. The van der Waals surface area contributed by atoms with Crippen LogP contribution in [0.3, 0.4) is 0 Å². The number of carbonyl (C=O) groups is 2. The number of amides is 2. The quantitative estimate of drug-likeness (QED) is 0.525. The van der Waals surface area contributed by atoms with Crippen molar-refractivity contribution in [3.8, 4) is 0 Å². The van der Waals surface area contributed by atoms with Gasteiger partial charge in [-0.3, -0.25) is 9.59 Å². The summed E-state index contributed by atoms with van der Waals surface area (Å²) in [5.41, 5.74) is 0.978. The Hall–Kier alpha value is -2.22. The molecule has 33 heavy (non-hydrogen) atoms. The molecule has 2 unspecified atom stereocenters. The molecule has 8 heteroatoms. The van der Waals surface area contributed by atoms with Crippen LogP contribution in [0, 0.1) is 23.7 Å². The Bertz CT molecular complexity index is 930. The molecule has 0 spiro atoms. The average Bonchev–Trinajstić information content (AvgIpc) is 3.45. The third-order valence-corrected chi connectivity index (χ3v) is 8.95. The number of hydrogen-bond acceptors (Lipinski definition) is 6. The second kappa shape index (κ2) is 8.22. The molecule has 1 saturated heterocycles. The summed E-state index contributed by atoms with van der Waals surface area (Å²) in [4.78, 5) is 34.2. The molecule has 178 valence electrons. The van der Waals surface area contributed by atoms with Crippen molar-refractivity contribution in [1.82, 2.24) is 20.6 Å². The number of hydrogen-bond donors (Lipinski definition) is 4. The van der Waals surface area contributed by atoms with Crippen molar-refractivity contribution in [3.05, 3.63) is 17.5 Å². The average molecular weight is 454 g/mol. The van der Waals surface area contributed by atoms with Crippen molar-refractivity contribution in [2.75, 3.05) is 18.4 Å². The maximum atomic E-state index is 13.5. The van der Waals surface area contributed by atoms with Gasteiger partial charge in [0, 0.05) is 43.6 Å². The van der Waals surface area contributed by atoms with Crippen molar-refractivity contribution in [1.29, 1.82) is 0 Å². The van der Waals surface area contributed by atoms with Gasteiger partial charge in [0.15, 0.2) is 0 Å². The second-order valence-corrected chi connectivity index (χ2v) is 11.4. The van der Waals surface area contributed by atoms with E-state index in [1.54, 1.807) is 6.20 Å². The first-order chi connectivity index (χ1) is 16.0. The maximum Gasteiger partial charge on any atom is 0.254 e. The Kier molecular flexibility index (Phi) is 5.31. The summed E-state index contributed by atoms with van der Waals surface area (Å²) < 4.78 is 0. The van der Waals surface area contributed by atoms with Gasteiger partial charge in [-0.15, -0.1) is 0 Å². The molecule has 5 saturated carbocycles. The predicted molar refractivity (Wildman–Crippen MR) is 123 cm³/mol. The van der Waals surface area contributed by atoms with Crippen molar-refractivity contribution in [2.45, 2.75) is 81.8 Å². The number of carbonyl (C=O) groups excluding carboxylic acids is 2. The van der Waals surface area contributed by atoms with E-state index >= 15 is 0 Å². The SMILES string of the molecule is O=C1C[C@@H](CNc2ncc(C(=O)NC3C4CC5CC3CC(O)(C5)C4)c(C3CCCC3)n2)CN1. The topological polar surface area (TPSA) is 116 Å². The van der Waals surface area contributed by atoms with Crippen LogP contribution in [0.1, 0.15) is 86.2 Å². The van der Waals surface area contributed by atoms with Crippen LogP contribution >= 0.6 is 0 Å². The number of aliphatic hydroxyl groups is 1. The Morgan fingerprint density at radius 1 is 1.18 bits per heavy atom. The highest BCUT2D eigenvalue weighted by molar-refractivity contribution is 5.95. The summed E-state index contributed by atoms with van der Waals surface area (Å²) in [7, 11) is 0. The van der Waals surface area contributed by atoms with Gasteiger partial charge in [0.25, 0.3) is 5.91 Å². The fraction of sp³-hybridized carbons (Fsp3) is 0.760. The van der Waals surface area contributed by atoms with Crippen LogP contribution in [-0.2, 0) is 4.79 Å². The molecule has 8 nitrogen and oxygen atoms in total. The van der Waals surface area contributed by atoms with Gasteiger partial charge in [-0.1, -0.05) is 12.8 Å². The Balaban J connectivity index is 1.19. The first kappa shape index (κ1) is 21.3. The standard InChI is InChI=1S/C25H35N5O3/c31-20-7-15(11-26-20)12-27-24-28-13-19(22(30-24)16-3-1-2-4-16)23(32)29-21-17-5-14-6-18(21)10-25(33,8-14)9-17/h13-18,21,33H,1-12H2,(H,26,31)(H,29,32)(H,27,28,30)/t14?,15-,17?,18?,21?,25?/m1/s1. The molecule has 1 aromatic rings. The molecule has 6 aliphatic rings. The van der Waals surface area contributed by atoms with E-state index in [0.717, 1.165) is 50.6 Å². The van der Waals surface area contributed by atoms with E-state index in [1.165, 1.54) is 12.8 Å². The molecule has 4 bridgehead atoms. The number of nitrogens with zero attached hydrogens (tertiary/aromatic N) is 2. The van der Waals surface area contributed by atoms with Crippen LogP contribution in [0.4, 0.5) is 5.95 Å². The summed E-state index contributed by atoms with van der Waals surface area (Å²) in [5, 5.41) is 20.4. The Morgan fingerprint density at radius 2 is 1.94 bits per heavy atom. The molecule has 1 aromatic heterocycles. The third kappa shape index (κ3) is 4.11. The summed E-state index contributed by atoms with van der Waals surface area (Å²) in [6.45, 7) is 1.32. The highest BCUT2D eigenvalue weighted by atomic mass is 16.3. The maximum absolute atomic E-state index is 13.5. The lowest BCUT2D eigenvalue weighted by Crippen LogP contribution is -2.61. The first-order valence-corrected chi connectivity index (χ1v) is 12.9. The van der Waals surface area contributed by atoms with Gasteiger partial charge in [-0.25, -0.2) is 9.97 Å². The van der Waals surface area contributed by atoms with Gasteiger partial charge < -0.3 is 21.1 Å². The molecule has 0 aromatic carbocycles. The molecule has 2 amide bonds. The molecule has 5 aliphatic carbocycles. The monoisotopic (exact) mass is 453 g/mol. The predicted octanol–water partition coefficient (Wildman–Crippen LogP) is 2.35. The van der Waals surface area contributed by atoms with Crippen LogP contribution in [-0.4, -0.2) is 51.6 Å². The molecular formula is C25H35N5O3. The van der Waals surface area contributed by atoms with Gasteiger partial charge in [-0.2, -0.15) is 0 Å². The summed E-state index contributed by atoms with van der Waals surface area (Å²) in [6, 6.07) is 0.149. The molecule has 7 rings (SSSR count). The first-order valence-electron chi connectivity index (χ1n) is 12.9. The van der Waals surface area contributed by atoms with Gasteiger partial charge in [0.1, 0.15) is 0 Å². The van der Waals surface area contributed by atoms with Crippen LogP contribution < -0.4 is 16.0 Å². The van der Waals surface area contributed by atoms with Gasteiger partial charge in [-0.05, 0) is 62.7 Å². The van der Waals surface area contributed by atoms with Crippen molar-refractivity contribution < 1.29 is 14.7 Å². The second-order valence-electron chi connectivity index (χ2n) is 11.4. The molecule has 6 fully saturated rings. The van der Waals surface area contributed by atoms with Gasteiger partial charge in [0.05, 0.1) is 16.9 Å². The van der Waals surface area contributed by atoms with Gasteiger partial charge in [0.2, 0.25) is 11.9 Å². The summed E-state index contributed by atoms with van der Waals surface area (Å²) in [6.07, 6.45) is 11.5. The highest BCUT2D eigenvalue weighted by Gasteiger charge is 2.55. The van der Waals surface area contributed by atoms with E-state index in [1.807, 2.05) is 0 Å². The smallest absolute Gasteiger partial charge is 0.254 e. The zero-order valence-corrected chi connectivity index (χ0v) is 19.2. The minimum atomic E-state index is -0.497. The lowest BCUT2D eigenvalue weighted by atomic mass is 9.52. The molecular weight excluding hydrogens is 418 g/mol. The molecule has 0 radical (unpaired) electrons. The molecule has 1 aliphatic heterocycles. The molecule has 4 N–H and O–H groups in total. The van der Waals surface area contributed by atoms with Crippen LogP contribution in [0.25, 0.3) is 0 Å². The van der Waals surface area contributed by atoms with E-state index in [-0.39, 0.29) is 23.8 Å². The van der Waals surface area contributed by atoms with Crippen molar-refractivity contribution in [3.63, 3.8) is 0 Å². The lowest BCUT2D eigenvalue weighted by molar-refractivity contribution is -0.136. The fourth-order valence-corrected chi connectivity index (χ4v) is 7.66. The number of anilines is 1. The molecule has 2 heterocycles. The van der Waals surface area contributed by atoms with E-state index < -0.39 is 5.60 Å². The van der Waals surface area contributed by atoms with Crippen molar-refractivity contribution in [2.24, 2.45) is 23.7 Å². The van der Waals surface area contributed by atoms with Crippen LogP contribution in [0.5, 0.6) is 0 Å². The third-order valence-electron chi connectivity index (χ3n) is 8.95. The fourth-order valence-electron chi connectivity index (χ4n) is 7.66. The minimum Gasteiger partial charge on any atom is -0.390 e. The normalized spacial score (nSPS) is 37.4. The number of nitrogens with one attached hydrogen (secondary N) is 3. The largest absolute Gasteiger partial charge is 0.390 e. The summed E-state index contributed by atoms with van der Waals surface area (Å²) in [5.74, 6) is 2.50. The Labute approximate surface area is 194 Å². The van der Waals surface area contributed by atoms with E-state index in [4.69, 9.17) is 4.98 Å². The zero-order valence-electron chi connectivity index (χ0n) is 19.2. The van der Waals surface area contributed by atoms with E-state index in [2.05, 4.69) is 20.9 Å².